The molecule has 3 aromatic rings. The van der Waals surface area contributed by atoms with Gasteiger partial charge in [-0.1, -0.05) is 28.9 Å². The molecule has 0 amide bonds. The quantitative estimate of drug-likeness (QED) is 0.696. The number of aliphatic hydroxyl groups is 1. The molecule has 0 radical (unpaired) electrons. The van der Waals surface area contributed by atoms with Crippen LogP contribution in [0, 0.1) is 0 Å². The summed E-state index contributed by atoms with van der Waals surface area (Å²) in [7, 11) is 4.60. The van der Waals surface area contributed by atoms with E-state index in [4.69, 9.17) is 30.3 Å². The highest BCUT2D eigenvalue weighted by atomic mass is 35.5. The third-order valence-electron chi connectivity index (χ3n) is 3.99. The Bertz CT molecular complexity index is 880. The smallest absolute Gasteiger partial charge is 0.203 e. The van der Waals surface area contributed by atoms with Crippen LogP contribution in [0.5, 0.6) is 17.2 Å². The highest BCUT2D eigenvalue weighted by molar-refractivity contribution is 6.30. The van der Waals surface area contributed by atoms with Gasteiger partial charge in [-0.3, -0.25) is 0 Å². The van der Waals surface area contributed by atoms with E-state index >= 15 is 0 Å². The summed E-state index contributed by atoms with van der Waals surface area (Å²) in [6.07, 6.45) is 0. The second-order valence-corrected chi connectivity index (χ2v) is 5.85. The van der Waals surface area contributed by atoms with Gasteiger partial charge in [0.05, 0.1) is 33.5 Å². The molecule has 0 atom stereocenters. The van der Waals surface area contributed by atoms with Crippen molar-refractivity contribution in [3.05, 3.63) is 47.0 Å². The standard InChI is InChI=1S/C19H18ClNO5/c1-23-15-8-12(9-16(24-2)19(15)25-3)18-14(10-22)17(21-26-18)11-4-6-13(20)7-5-11/h4-9,22H,10H2,1-3H3. The summed E-state index contributed by atoms with van der Waals surface area (Å²) in [5, 5.41) is 14.6. The van der Waals surface area contributed by atoms with Crippen molar-refractivity contribution >= 4 is 11.6 Å². The Morgan fingerprint density at radius 2 is 1.58 bits per heavy atom. The molecule has 26 heavy (non-hydrogen) atoms. The number of methoxy groups -OCH3 is 3. The van der Waals surface area contributed by atoms with Gasteiger partial charge in [-0.15, -0.1) is 0 Å². The van der Waals surface area contributed by atoms with Crippen LogP contribution in [-0.2, 0) is 6.61 Å². The minimum absolute atomic E-state index is 0.243. The molecule has 0 aliphatic rings. The van der Waals surface area contributed by atoms with Gasteiger partial charge >= 0.3 is 0 Å². The van der Waals surface area contributed by atoms with E-state index in [9.17, 15) is 5.11 Å². The van der Waals surface area contributed by atoms with E-state index < -0.39 is 0 Å². The number of ether oxygens (including phenoxy) is 3. The van der Waals surface area contributed by atoms with Crippen LogP contribution in [0.4, 0.5) is 0 Å². The molecule has 0 saturated carbocycles. The number of hydrogen-bond donors (Lipinski definition) is 1. The van der Waals surface area contributed by atoms with Gasteiger partial charge in [-0.05, 0) is 24.3 Å². The Morgan fingerprint density at radius 3 is 2.08 bits per heavy atom. The lowest BCUT2D eigenvalue weighted by atomic mass is 10.0. The summed E-state index contributed by atoms with van der Waals surface area (Å²) < 4.78 is 21.6. The molecule has 0 bridgehead atoms. The fraction of sp³-hybridized carbons (Fsp3) is 0.211. The van der Waals surface area contributed by atoms with Crippen LogP contribution in [0.15, 0.2) is 40.9 Å². The van der Waals surface area contributed by atoms with Crippen LogP contribution in [0.1, 0.15) is 5.56 Å². The maximum absolute atomic E-state index is 9.91. The lowest BCUT2D eigenvalue weighted by Gasteiger charge is -2.13. The molecular weight excluding hydrogens is 358 g/mol. The highest BCUT2D eigenvalue weighted by Gasteiger charge is 2.22. The molecule has 1 heterocycles. The fourth-order valence-corrected chi connectivity index (χ4v) is 2.86. The Kier molecular flexibility index (Phi) is 5.35. The molecule has 1 aromatic heterocycles. The largest absolute Gasteiger partial charge is 0.493 e. The summed E-state index contributed by atoms with van der Waals surface area (Å²) in [4.78, 5) is 0. The normalized spacial score (nSPS) is 10.7. The molecule has 0 aliphatic heterocycles. The third-order valence-corrected chi connectivity index (χ3v) is 4.24. The third kappa shape index (κ3) is 3.21. The molecule has 6 nitrogen and oxygen atoms in total. The SMILES string of the molecule is COc1cc(-c2onc(-c3ccc(Cl)cc3)c2CO)cc(OC)c1OC. The maximum atomic E-state index is 9.91. The van der Waals surface area contributed by atoms with E-state index in [0.717, 1.165) is 5.56 Å². The van der Waals surface area contributed by atoms with Crippen LogP contribution >= 0.6 is 11.6 Å². The average Bonchev–Trinajstić information content (AvgIpc) is 3.11. The first-order chi connectivity index (χ1) is 12.6. The second kappa shape index (κ2) is 7.68. The number of aliphatic hydroxyl groups excluding tert-OH is 1. The summed E-state index contributed by atoms with van der Waals surface area (Å²) in [6.45, 7) is -0.243. The molecule has 1 N–H and O–H groups in total. The van der Waals surface area contributed by atoms with Crippen LogP contribution < -0.4 is 14.2 Å². The number of nitrogens with zero attached hydrogens (tertiary/aromatic N) is 1. The van der Waals surface area contributed by atoms with Crippen molar-refractivity contribution in [2.75, 3.05) is 21.3 Å². The molecule has 2 aromatic carbocycles. The molecule has 0 saturated heterocycles. The first-order valence-corrected chi connectivity index (χ1v) is 8.16. The van der Waals surface area contributed by atoms with Crippen LogP contribution in [0.3, 0.4) is 0 Å². The van der Waals surface area contributed by atoms with Crippen LogP contribution in [0.25, 0.3) is 22.6 Å². The van der Waals surface area contributed by atoms with Crippen molar-refractivity contribution in [1.82, 2.24) is 5.16 Å². The van der Waals surface area contributed by atoms with Gasteiger partial charge in [0, 0.05) is 16.1 Å². The zero-order valence-corrected chi connectivity index (χ0v) is 15.3. The number of aromatic nitrogens is 1. The lowest BCUT2D eigenvalue weighted by Crippen LogP contribution is -1.96. The Balaban J connectivity index is 2.14. The Labute approximate surface area is 155 Å². The van der Waals surface area contributed by atoms with E-state index in [1.54, 1.807) is 24.3 Å². The van der Waals surface area contributed by atoms with E-state index in [1.807, 2.05) is 12.1 Å². The molecule has 3 rings (SSSR count). The van der Waals surface area contributed by atoms with Gasteiger partial charge in [0.15, 0.2) is 17.3 Å². The van der Waals surface area contributed by atoms with Gasteiger partial charge in [0.2, 0.25) is 5.75 Å². The fourth-order valence-electron chi connectivity index (χ4n) is 2.73. The zero-order valence-electron chi connectivity index (χ0n) is 14.6. The number of halogens is 1. The number of hydrogen-bond acceptors (Lipinski definition) is 6. The Morgan fingerprint density at radius 1 is 0.962 bits per heavy atom. The van der Waals surface area contributed by atoms with Gasteiger partial charge in [-0.25, -0.2) is 0 Å². The van der Waals surface area contributed by atoms with Gasteiger partial charge in [0.25, 0.3) is 0 Å². The van der Waals surface area contributed by atoms with Crippen molar-refractivity contribution in [2.45, 2.75) is 6.61 Å². The summed E-state index contributed by atoms with van der Waals surface area (Å²) >= 11 is 5.94. The van der Waals surface area contributed by atoms with Gasteiger partial charge in [-0.2, -0.15) is 0 Å². The zero-order chi connectivity index (χ0) is 18.7. The van der Waals surface area contributed by atoms with E-state index in [2.05, 4.69) is 5.16 Å². The van der Waals surface area contributed by atoms with Gasteiger partial charge < -0.3 is 23.8 Å². The monoisotopic (exact) mass is 375 g/mol. The average molecular weight is 376 g/mol. The highest BCUT2D eigenvalue weighted by Crippen LogP contribution is 2.43. The van der Waals surface area contributed by atoms with Gasteiger partial charge in [0.1, 0.15) is 5.69 Å². The first kappa shape index (κ1) is 18.1. The molecule has 0 spiro atoms. The minimum atomic E-state index is -0.243. The van der Waals surface area contributed by atoms with Crippen molar-refractivity contribution in [3.63, 3.8) is 0 Å². The van der Waals surface area contributed by atoms with Crippen molar-refractivity contribution in [2.24, 2.45) is 0 Å². The predicted molar refractivity (Wildman–Crippen MR) is 98.0 cm³/mol. The molecule has 0 fully saturated rings. The van der Waals surface area contributed by atoms with E-state index in [1.165, 1.54) is 21.3 Å². The topological polar surface area (TPSA) is 74.0 Å². The van der Waals surface area contributed by atoms with E-state index in [-0.39, 0.29) is 6.61 Å². The predicted octanol–water partition coefficient (Wildman–Crippen LogP) is 4.18. The number of rotatable bonds is 6. The summed E-state index contributed by atoms with van der Waals surface area (Å²) in [5.74, 6) is 1.86. The Hall–Kier alpha value is -2.70. The molecule has 136 valence electrons. The molecular formula is C19H18ClNO5. The second-order valence-electron chi connectivity index (χ2n) is 5.42. The van der Waals surface area contributed by atoms with Crippen LogP contribution in [0.2, 0.25) is 5.02 Å². The van der Waals surface area contributed by atoms with Crippen LogP contribution in [-0.4, -0.2) is 31.6 Å². The minimum Gasteiger partial charge on any atom is -0.493 e. The van der Waals surface area contributed by atoms with Crippen molar-refractivity contribution in [1.29, 1.82) is 0 Å². The summed E-state index contributed by atoms with van der Waals surface area (Å²) in [6, 6.07) is 10.6. The molecule has 0 unspecified atom stereocenters. The molecule has 7 heteroatoms. The summed E-state index contributed by atoms with van der Waals surface area (Å²) in [5.41, 5.74) is 2.55. The molecule has 0 aliphatic carbocycles. The van der Waals surface area contributed by atoms with Crippen molar-refractivity contribution < 1.29 is 23.8 Å². The van der Waals surface area contributed by atoms with E-state index in [0.29, 0.717) is 44.9 Å². The lowest BCUT2D eigenvalue weighted by molar-refractivity contribution is 0.281. The maximum Gasteiger partial charge on any atom is 0.203 e. The first-order valence-electron chi connectivity index (χ1n) is 7.78. The number of benzene rings is 2. The van der Waals surface area contributed by atoms with Crippen molar-refractivity contribution in [3.8, 4) is 39.8 Å².